The van der Waals surface area contributed by atoms with Gasteiger partial charge in [-0.1, -0.05) is 24.3 Å². The lowest BCUT2D eigenvalue weighted by Crippen LogP contribution is -2.08. The molecular weight excluding hydrogens is 331 g/mol. The van der Waals surface area contributed by atoms with Crippen molar-refractivity contribution in [1.82, 2.24) is 4.57 Å². The normalized spacial score (nSPS) is 13.8. The van der Waals surface area contributed by atoms with Crippen molar-refractivity contribution in [2.45, 2.75) is 5.75 Å². The fraction of sp³-hybridized carbons (Fsp3) is 0.118. The minimum absolute atomic E-state index is 0.0307. The second kappa shape index (κ2) is 5.76. The number of aromatic nitrogens is 1. The summed E-state index contributed by atoms with van der Waals surface area (Å²) in [5.74, 6) is -1.90. The molecular formula is C17H15FN2O3S. The summed E-state index contributed by atoms with van der Waals surface area (Å²) in [4.78, 5) is 11.5. The predicted molar refractivity (Wildman–Crippen MR) is 90.7 cm³/mol. The lowest BCUT2D eigenvalue weighted by atomic mass is 10.2. The third-order valence-electron chi connectivity index (χ3n) is 3.66. The average Bonchev–Trinajstić information content (AvgIpc) is 2.88. The number of rotatable bonds is 4. The fourth-order valence-corrected chi connectivity index (χ4v) is 3.51. The number of fused-ring (bicyclic) bond motifs is 1. The molecule has 1 heterocycles. The van der Waals surface area contributed by atoms with Crippen LogP contribution in [0.2, 0.25) is 0 Å². The van der Waals surface area contributed by atoms with Gasteiger partial charge in [0, 0.05) is 32.6 Å². The minimum Gasteiger partial charge on any atom is -0.477 e. The number of hydrogen-bond acceptors (Lipinski definition) is 3. The Balaban J connectivity index is 2.19. The van der Waals surface area contributed by atoms with Crippen molar-refractivity contribution >= 4 is 26.6 Å². The van der Waals surface area contributed by atoms with Gasteiger partial charge in [0.1, 0.15) is 11.5 Å². The van der Waals surface area contributed by atoms with Crippen LogP contribution in [0.3, 0.4) is 0 Å². The first-order valence-electron chi connectivity index (χ1n) is 7.10. The molecule has 0 aliphatic heterocycles. The molecule has 0 bridgehead atoms. The van der Waals surface area contributed by atoms with Crippen molar-refractivity contribution < 1.29 is 18.5 Å². The predicted octanol–water partition coefficient (Wildman–Crippen LogP) is 3.64. The Morgan fingerprint density at radius 3 is 2.58 bits per heavy atom. The zero-order chi connectivity index (χ0) is 17.5. The van der Waals surface area contributed by atoms with Crippen LogP contribution in [0.15, 0.2) is 48.5 Å². The van der Waals surface area contributed by atoms with Crippen molar-refractivity contribution in [3.05, 3.63) is 65.6 Å². The fourth-order valence-electron chi connectivity index (χ4n) is 2.68. The number of nitrogens with zero attached hydrogens (tertiary/aromatic N) is 1. The summed E-state index contributed by atoms with van der Waals surface area (Å²) in [5, 5.41) is 10.2. The van der Waals surface area contributed by atoms with E-state index < -0.39 is 21.5 Å². The third kappa shape index (κ3) is 3.03. The van der Waals surface area contributed by atoms with Gasteiger partial charge in [-0.3, -0.25) is 4.78 Å². The Hall–Kier alpha value is -2.67. The highest BCUT2D eigenvalue weighted by Gasteiger charge is 2.17. The molecule has 7 heteroatoms. The lowest BCUT2D eigenvalue weighted by molar-refractivity contribution is 0.0688. The molecule has 0 radical (unpaired) electrons. The molecule has 24 heavy (non-hydrogen) atoms. The Morgan fingerprint density at radius 1 is 1.25 bits per heavy atom. The topological polar surface area (TPSA) is 83.2 Å². The van der Waals surface area contributed by atoms with E-state index in [4.69, 9.17) is 4.78 Å². The quantitative estimate of drug-likeness (QED) is 0.756. The van der Waals surface area contributed by atoms with E-state index in [-0.39, 0.29) is 17.0 Å². The second-order valence-corrected chi connectivity index (χ2v) is 7.95. The van der Waals surface area contributed by atoms with E-state index in [1.54, 1.807) is 30.3 Å². The number of carboxylic acid groups (broad SMARTS) is 1. The first kappa shape index (κ1) is 16.2. The van der Waals surface area contributed by atoms with Gasteiger partial charge in [-0.15, -0.1) is 0 Å². The molecule has 0 amide bonds. The van der Waals surface area contributed by atoms with E-state index in [0.29, 0.717) is 11.2 Å². The number of nitrogens with one attached hydrogen (secondary N) is 1. The highest BCUT2D eigenvalue weighted by Crippen LogP contribution is 2.26. The number of benzene rings is 2. The average molecular weight is 346 g/mol. The van der Waals surface area contributed by atoms with Gasteiger partial charge < -0.3 is 9.67 Å². The number of para-hydroxylation sites is 1. The molecule has 124 valence electrons. The van der Waals surface area contributed by atoms with Crippen molar-refractivity contribution in [3.63, 3.8) is 0 Å². The van der Waals surface area contributed by atoms with E-state index in [2.05, 4.69) is 0 Å². The Morgan fingerprint density at radius 2 is 1.96 bits per heavy atom. The van der Waals surface area contributed by atoms with E-state index in [1.165, 1.54) is 29.0 Å². The smallest absolute Gasteiger partial charge is 0.352 e. The molecule has 0 aliphatic rings. The number of halogens is 1. The molecule has 0 saturated carbocycles. The van der Waals surface area contributed by atoms with E-state index >= 15 is 0 Å². The highest BCUT2D eigenvalue weighted by atomic mass is 32.2. The molecule has 1 atom stereocenters. The Kier molecular flexibility index (Phi) is 3.88. The summed E-state index contributed by atoms with van der Waals surface area (Å²) in [5.41, 5.74) is 1.22. The number of carboxylic acids is 1. The summed E-state index contributed by atoms with van der Waals surface area (Å²) in [7, 11) is -2.86. The summed E-state index contributed by atoms with van der Waals surface area (Å²) in [6.45, 7) is 0. The lowest BCUT2D eigenvalue weighted by Gasteiger charge is -2.11. The van der Waals surface area contributed by atoms with Crippen LogP contribution >= 0.6 is 0 Å². The van der Waals surface area contributed by atoms with Gasteiger partial charge in [-0.05, 0) is 24.3 Å². The first-order valence-corrected chi connectivity index (χ1v) is 9.24. The molecule has 0 spiro atoms. The minimum atomic E-state index is -2.86. The zero-order valence-electron chi connectivity index (χ0n) is 12.8. The van der Waals surface area contributed by atoms with Crippen LogP contribution < -0.4 is 0 Å². The van der Waals surface area contributed by atoms with Crippen LogP contribution in [-0.2, 0) is 15.5 Å². The summed E-state index contributed by atoms with van der Waals surface area (Å²) < 4.78 is 34.8. The summed E-state index contributed by atoms with van der Waals surface area (Å²) >= 11 is 0. The molecule has 5 nitrogen and oxygen atoms in total. The van der Waals surface area contributed by atoms with Crippen LogP contribution in [-0.4, -0.2) is 26.1 Å². The third-order valence-corrected chi connectivity index (χ3v) is 4.52. The molecule has 2 N–H and O–H groups in total. The van der Waals surface area contributed by atoms with Gasteiger partial charge in [0.25, 0.3) is 0 Å². The number of carbonyl (C=O) groups is 1. The van der Waals surface area contributed by atoms with Crippen molar-refractivity contribution in [2.75, 3.05) is 6.26 Å². The maximum atomic E-state index is 14.3. The number of hydrogen-bond donors (Lipinski definition) is 2. The van der Waals surface area contributed by atoms with Gasteiger partial charge in [0.15, 0.2) is 0 Å². The van der Waals surface area contributed by atoms with Crippen molar-refractivity contribution in [1.29, 1.82) is 4.78 Å². The highest BCUT2D eigenvalue weighted by molar-refractivity contribution is 7.90. The van der Waals surface area contributed by atoms with E-state index in [9.17, 15) is 18.5 Å². The van der Waals surface area contributed by atoms with Crippen molar-refractivity contribution in [2.24, 2.45) is 0 Å². The molecule has 3 rings (SSSR count). The van der Waals surface area contributed by atoms with Gasteiger partial charge >= 0.3 is 5.97 Å². The maximum Gasteiger partial charge on any atom is 0.352 e. The molecule has 1 unspecified atom stereocenters. The van der Waals surface area contributed by atoms with Gasteiger partial charge in [0.05, 0.1) is 11.3 Å². The summed E-state index contributed by atoms with van der Waals surface area (Å²) in [6, 6.07) is 12.9. The maximum absolute atomic E-state index is 14.3. The van der Waals surface area contributed by atoms with Gasteiger partial charge in [0.2, 0.25) is 0 Å². The first-order chi connectivity index (χ1) is 11.3. The molecule has 0 saturated heterocycles. The largest absolute Gasteiger partial charge is 0.477 e. The zero-order valence-corrected chi connectivity index (χ0v) is 13.6. The summed E-state index contributed by atoms with van der Waals surface area (Å²) in [6.07, 6.45) is 1.25. The van der Waals surface area contributed by atoms with Crippen LogP contribution in [0.25, 0.3) is 16.6 Å². The molecule has 3 aromatic rings. The monoisotopic (exact) mass is 346 g/mol. The van der Waals surface area contributed by atoms with E-state index in [0.717, 1.165) is 5.39 Å². The van der Waals surface area contributed by atoms with Crippen LogP contribution in [0, 0.1) is 10.6 Å². The molecule has 0 aliphatic carbocycles. The SMILES string of the molecule is CS(=N)(=O)Cc1ccc(-n2c(C(=O)O)cc3ccccc32)cc1F. The second-order valence-electron chi connectivity index (χ2n) is 5.65. The van der Waals surface area contributed by atoms with Gasteiger partial charge in [-0.25, -0.2) is 13.4 Å². The number of aromatic carboxylic acids is 1. The Bertz CT molecular complexity index is 1050. The van der Waals surface area contributed by atoms with Crippen LogP contribution in [0.4, 0.5) is 4.39 Å². The van der Waals surface area contributed by atoms with Crippen molar-refractivity contribution in [3.8, 4) is 5.69 Å². The molecule has 2 aromatic carbocycles. The van der Waals surface area contributed by atoms with Gasteiger partial charge in [-0.2, -0.15) is 0 Å². The van der Waals surface area contributed by atoms with Crippen LogP contribution in [0.5, 0.6) is 0 Å². The van der Waals surface area contributed by atoms with E-state index in [1.807, 2.05) is 0 Å². The molecule has 1 aromatic heterocycles. The Labute approximate surface area is 138 Å². The van der Waals surface area contributed by atoms with Crippen LogP contribution in [0.1, 0.15) is 16.1 Å². The standard InChI is InChI=1S/C17H15FN2O3S/c1-24(19,23)10-12-6-7-13(9-14(12)18)20-15-5-3-2-4-11(15)8-16(20)17(21)22/h2-9,19H,10H2,1H3,(H,21,22). The molecule has 0 fully saturated rings.